The van der Waals surface area contributed by atoms with Crippen LogP contribution in [0.1, 0.15) is 23.2 Å². The van der Waals surface area contributed by atoms with Gasteiger partial charge in [-0.05, 0) is 42.1 Å². The minimum Gasteiger partial charge on any atom is -0.497 e. The summed E-state index contributed by atoms with van der Waals surface area (Å²) < 4.78 is 5.11. The molecule has 9 heteroatoms. The van der Waals surface area contributed by atoms with Crippen LogP contribution in [-0.4, -0.2) is 53.9 Å². The third-order valence-corrected chi connectivity index (χ3v) is 6.19. The Morgan fingerprint density at radius 2 is 2.00 bits per heavy atom. The first-order chi connectivity index (χ1) is 14.1. The number of carbonyl (C=O) groups is 3. The Balaban J connectivity index is 1.45. The molecule has 0 bridgehead atoms. The van der Waals surface area contributed by atoms with E-state index in [9.17, 15) is 14.4 Å². The molecular formula is C20H23N3O4S2. The molecule has 1 atom stereocenters. The lowest BCUT2D eigenvalue weighted by Crippen LogP contribution is -2.44. The zero-order valence-electron chi connectivity index (χ0n) is 16.1. The summed E-state index contributed by atoms with van der Waals surface area (Å²) in [5.74, 6) is 1.38. The number of amides is 3. The maximum atomic E-state index is 12.6. The number of thioether (sulfide) groups is 1. The molecule has 0 radical (unpaired) electrons. The maximum absolute atomic E-state index is 12.6. The minimum absolute atomic E-state index is 0.0744. The zero-order valence-corrected chi connectivity index (χ0v) is 17.7. The molecule has 1 aromatic carbocycles. The summed E-state index contributed by atoms with van der Waals surface area (Å²) >= 11 is 3.03. The van der Waals surface area contributed by atoms with E-state index in [1.54, 1.807) is 59.5 Å². The summed E-state index contributed by atoms with van der Waals surface area (Å²) in [7, 11) is 1.58. The average Bonchev–Trinajstić information content (AvgIpc) is 3.43. The van der Waals surface area contributed by atoms with Crippen molar-refractivity contribution in [1.82, 2.24) is 10.2 Å². The van der Waals surface area contributed by atoms with Crippen LogP contribution >= 0.6 is 23.1 Å². The molecule has 7 nitrogen and oxygen atoms in total. The normalized spacial score (nSPS) is 15.8. The quantitative estimate of drug-likeness (QED) is 0.625. The first kappa shape index (κ1) is 21.2. The van der Waals surface area contributed by atoms with Crippen molar-refractivity contribution >= 4 is 46.5 Å². The van der Waals surface area contributed by atoms with Crippen molar-refractivity contribution in [3.63, 3.8) is 0 Å². The summed E-state index contributed by atoms with van der Waals surface area (Å²) in [6, 6.07) is 8.34. The number of hydrogen-bond acceptors (Lipinski definition) is 6. The molecule has 3 rings (SSSR count). The molecule has 154 valence electrons. The summed E-state index contributed by atoms with van der Waals surface area (Å²) in [5.41, 5.74) is 1.30. The number of rotatable bonds is 8. The van der Waals surface area contributed by atoms with E-state index in [1.807, 2.05) is 5.38 Å². The number of nitrogens with one attached hydrogen (secondary N) is 2. The summed E-state index contributed by atoms with van der Waals surface area (Å²) in [6.45, 7) is 0.421. The van der Waals surface area contributed by atoms with Crippen LogP contribution in [-0.2, 0) is 9.59 Å². The Bertz CT molecular complexity index is 840. The molecule has 1 unspecified atom stereocenters. The number of nitrogens with zero attached hydrogens (tertiary/aromatic N) is 1. The predicted molar refractivity (Wildman–Crippen MR) is 115 cm³/mol. The average molecular weight is 434 g/mol. The number of ether oxygens (including phenoxy) is 1. The van der Waals surface area contributed by atoms with E-state index in [1.165, 1.54) is 11.3 Å². The Labute approximate surface area is 177 Å². The number of anilines is 1. The first-order valence-electron chi connectivity index (χ1n) is 9.21. The highest BCUT2D eigenvalue weighted by Gasteiger charge is 2.34. The van der Waals surface area contributed by atoms with Crippen LogP contribution < -0.4 is 15.4 Å². The number of carbonyl (C=O) groups excluding carboxylic acids is 3. The van der Waals surface area contributed by atoms with E-state index >= 15 is 0 Å². The molecular weight excluding hydrogens is 410 g/mol. The molecule has 0 spiro atoms. The van der Waals surface area contributed by atoms with Crippen LogP contribution in [0.15, 0.2) is 41.1 Å². The number of hydrogen-bond donors (Lipinski definition) is 2. The highest BCUT2D eigenvalue weighted by atomic mass is 32.2. The van der Waals surface area contributed by atoms with E-state index in [2.05, 4.69) is 10.6 Å². The van der Waals surface area contributed by atoms with E-state index in [-0.39, 0.29) is 24.1 Å². The third kappa shape index (κ3) is 5.74. The number of thiophene rings is 1. The van der Waals surface area contributed by atoms with Crippen molar-refractivity contribution in [2.75, 3.05) is 30.6 Å². The molecule has 1 aliphatic rings. The van der Waals surface area contributed by atoms with Crippen LogP contribution in [0.2, 0.25) is 0 Å². The van der Waals surface area contributed by atoms with E-state index in [0.29, 0.717) is 41.6 Å². The van der Waals surface area contributed by atoms with Crippen LogP contribution in [0, 0.1) is 0 Å². The third-order valence-electron chi connectivity index (χ3n) is 4.50. The lowest BCUT2D eigenvalue weighted by molar-refractivity contribution is -0.136. The standard InChI is InChI=1S/C20H23N3O4S2/c1-27-16-6-4-15(5-7-16)22-20(26)17-12-29-13-23(17)18(24)3-2-9-21-19(25)14-8-10-28-11-14/h4-8,10-11,17H,2-3,9,12-13H2,1H3,(H,21,25)(H,22,26). The highest BCUT2D eigenvalue weighted by molar-refractivity contribution is 7.99. The highest BCUT2D eigenvalue weighted by Crippen LogP contribution is 2.24. The van der Waals surface area contributed by atoms with Gasteiger partial charge in [0.1, 0.15) is 11.8 Å². The lowest BCUT2D eigenvalue weighted by atomic mass is 10.2. The molecule has 1 aromatic heterocycles. The Kier molecular flexibility index (Phi) is 7.54. The largest absolute Gasteiger partial charge is 0.497 e. The summed E-state index contributed by atoms with van der Waals surface area (Å²) in [6.07, 6.45) is 0.819. The van der Waals surface area contributed by atoms with Gasteiger partial charge in [0.25, 0.3) is 5.91 Å². The molecule has 2 heterocycles. The minimum atomic E-state index is -0.491. The topological polar surface area (TPSA) is 87.7 Å². The van der Waals surface area contributed by atoms with Crippen LogP contribution in [0.4, 0.5) is 5.69 Å². The fourth-order valence-corrected chi connectivity index (χ4v) is 4.70. The van der Waals surface area contributed by atoms with Crippen LogP contribution in [0.3, 0.4) is 0 Å². The van der Waals surface area contributed by atoms with Crippen molar-refractivity contribution in [3.8, 4) is 5.75 Å². The van der Waals surface area contributed by atoms with Crippen molar-refractivity contribution in [3.05, 3.63) is 46.7 Å². The summed E-state index contributed by atoms with van der Waals surface area (Å²) in [5, 5.41) is 9.30. The first-order valence-corrected chi connectivity index (χ1v) is 11.3. The Morgan fingerprint density at radius 3 is 2.69 bits per heavy atom. The van der Waals surface area contributed by atoms with Gasteiger partial charge in [-0.15, -0.1) is 11.8 Å². The molecule has 0 aliphatic carbocycles. The zero-order chi connectivity index (χ0) is 20.6. The Hall–Kier alpha value is -2.52. The molecule has 29 heavy (non-hydrogen) atoms. The maximum Gasteiger partial charge on any atom is 0.252 e. The van der Waals surface area contributed by atoms with Gasteiger partial charge in [-0.3, -0.25) is 14.4 Å². The smallest absolute Gasteiger partial charge is 0.252 e. The molecule has 2 N–H and O–H groups in total. The molecule has 0 saturated carbocycles. The van der Waals surface area contributed by atoms with Crippen LogP contribution in [0.5, 0.6) is 5.75 Å². The van der Waals surface area contributed by atoms with Gasteiger partial charge < -0.3 is 20.3 Å². The van der Waals surface area contributed by atoms with Crippen LogP contribution in [0.25, 0.3) is 0 Å². The van der Waals surface area contributed by atoms with E-state index < -0.39 is 6.04 Å². The second kappa shape index (κ2) is 10.3. The number of methoxy groups -OCH3 is 1. The molecule has 1 aliphatic heterocycles. The molecule has 2 aromatic rings. The van der Waals surface area contributed by atoms with E-state index in [4.69, 9.17) is 4.74 Å². The second-order valence-electron chi connectivity index (χ2n) is 6.47. The SMILES string of the molecule is COc1ccc(NC(=O)C2CSCN2C(=O)CCCNC(=O)c2ccsc2)cc1. The lowest BCUT2D eigenvalue weighted by Gasteiger charge is -2.23. The van der Waals surface area contributed by atoms with Gasteiger partial charge in [0.2, 0.25) is 11.8 Å². The fraction of sp³-hybridized carbons (Fsp3) is 0.350. The van der Waals surface area contributed by atoms with Gasteiger partial charge in [-0.25, -0.2) is 0 Å². The van der Waals surface area contributed by atoms with Gasteiger partial charge in [0, 0.05) is 35.3 Å². The summed E-state index contributed by atoms with van der Waals surface area (Å²) in [4.78, 5) is 38.7. The van der Waals surface area contributed by atoms with Gasteiger partial charge >= 0.3 is 0 Å². The van der Waals surface area contributed by atoms with Gasteiger partial charge in [-0.1, -0.05) is 0 Å². The van der Waals surface area contributed by atoms with Gasteiger partial charge in [0.15, 0.2) is 0 Å². The second-order valence-corrected chi connectivity index (χ2v) is 8.25. The van der Waals surface area contributed by atoms with Gasteiger partial charge in [0.05, 0.1) is 13.0 Å². The predicted octanol–water partition coefficient (Wildman–Crippen LogP) is 2.81. The number of benzene rings is 1. The van der Waals surface area contributed by atoms with Gasteiger partial charge in [-0.2, -0.15) is 11.3 Å². The fourth-order valence-electron chi connectivity index (χ4n) is 2.89. The molecule has 1 saturated heterocycles. The monoisotopic (exact) mass is 433 g/mol. The van der Waals surface area contributed by atoms with Crippen molar-refractivity contribution in [2.45, 2.75) is 18.9 Å². The van der Waals surface area contributed by atoms with E-state index in [0.717, 1.165) is 0 Å². The molecule has 3 amide bonds. The van der Waals surface area contributed by atoms with Crippen molar-refractivity contribution < 1.29 is 19.1 Å². The molecule has 1 fully saturated rings. The van der Waals surface area contributed by atoms with Crippen molar-refractivity contribution in [2.24, 2.45) is 0 Å². The Morgan fingerprint density at radius 1 is 1.21 bits per heavy atom. The van der Waals surface area contributed by atoms with Crippen molar-refractivity contribution in [1.29, 1.82) is 0 Å².